The molecule has 0 spiro atoms. The summed E-state index contributed by atoms with van der Waals surface area (Å²) in [4.78, 5) is 12.6. The lowest BCUT2D eigenvalue weighted by molar-refractivity contribution is 0.0499. The van der Waals surface area contributed by atoms with E-state index in [0.29, 0.717) is 28.2 Å². The summed E-state index contributed by atoms with van der Waals surface area (Å²) in [5.74, 6) is -1.44. The van der Waals surface area contributed by atoms with Gasteiger partial charge in [-0.1, -0.05) is 64.0 Å². The summed E-state index contributed by atoms with van der Waals surface area (Å²) >= 11 is 0. The molecule has 0 heterocycles. The number of benzene rings is 3. The third-order valence-corrected chi connectivity index (χ3v) is 5.31. The maximum Gasteiger partial charge on any atom is 0.338 e. The Morgan fingerprint density at radius 1 is 0.828 bits per heavy atom. The number of rotatable bonds is 10. The molecule has 4 heteroatoms. The van der Waals surface area contributed by atoms with E-state index in [9.17, 15) is 13.6 Å². The van der Waals surface area contributed by atoms with Gasteiger partial charge in [0.2, 0.25) is 0 Å². The first-order valence-corrected chi connectivity index (χ1v) is 10.6. The molecule has 0 fully saturated rings. The molecule has 0 amide bonds. The minimum Gasteiger partial charge on any atom is -0.462 e. The molecule has 0 radical (unpaired) electrons. The van der Waals surface area contributed by atoms with Crippen molar-refractivity contribution in [1.82, 2.24) is 0 Å². The molecule has 2 nitrogen and oxygen atoms in total. The summed E-state index contributed by atoms with van der Waals surface area (Å²) in [7, 11) is 0. The number of carbonyl (C=O) groups excluding carboxylic acids is 1. The van der Waals surface area contributed by atoms with Gasteiger partial charge in [0.05, 0.1) is 12.2 Å². The van der Waals surface area contributed by atoms with Crippen molar-refractivity contribution in [2.45, 2.75) is 58.3 Å². The van der Waals surface area contributed by atoms with Crippen LogP contribution in [0.3, 0.4) is 0 Å². The average molecular weight is 398 g/mol. The number of esters is 1. The Balaban J connectivity index is 1.64. The van der Waals surface area contributed by atoms with Gasteiger partial charge >= 0.3 is 5.97 Å². The van der Waals surface area contributed by atoms with Crippen LogP contribution in [0.5, 0.6) is 0 Å². The monoisotopic (exact) mass is 398 g/mol. The summed E-state index contributed by atoms with van der Waals surface area (Å²) in [6.45, 7) is 2.52. The van der Waals surface area contributed by atoms with E-state index in [1.807, 2.05) is 0 Å². The molecule has 29 heavy (non-hydrogen) atoms. The predicted molar refractivity (Wildman–Crippen MR) is 114 cm³/mol. The van der Waals surface area contributed by atoms with Gasteiger partial charge in [-0.05, 0) is 52.9 Å². The summed E-state index contributed by atoms with van der Waals surface area (Å²) in [6, 6.07) is 10.6. The van der Waals surface area contributed by atoms with Crippen LogP contribution >= 0.6 is 0 Å². The van der Waals surface area contributed by atoms with Gasteiger partial charge in [0, 0.05) is 5.39 Å². The fourth-order valence-corrected chi connectivity index (χ4v) is 3.71. The number of hydrogen-bond donors (Lipinski definition) is 0. The smallest absolute Gasteiger partial charge is 0.338 e. The lowest BCUT2D eigenvalue weighted by Gasteiger charge is -2.10. The second-order valence-corrected chi connectivity index (χ2v) is 7.60. The van der Waals surface area contributed by atoms with Gasteiger partial charge in [0.15, 0.2) is 0 Å². The molecule has 0 aliphatic carbocycles. The van der Waals surface area contributed by atoms with Gasteiger partial charge in [-0.15, -0.1) is 0 Å². The van der Waals surface area contributed by atoms with Crippen LogP contribution in [0.1, 0.15) is 68.6 Å². The summed E-state index contributed by atoms with van der Waals surface area (Å²) in [5, 5.41) is 2.14. The first kappa shape index (κ1) is 21.2. The third-order valence-electron chi connectivity index (χ3n) is 5.31. The highest BCUT2D eigenvalue weighted by atomic mass is 19.1. The van der Waals surface area contributed by atoms with Crippen LogP contribution in [0.2, 0.25) is 0 Å². The molecule has 0 bridgehead atoms. The van der Waals surface area contributed by atoms with Gasteiger partial charge in [0.25, 0.3) is 0 Å². The first-order valence-electron chi connectivity index (χ1n) is 10.6. The number of halogens is 2. The molecule has 3 aromatic carbocycles. The summed E-state index contributed by atoms with van der Waals surface area (Å²) in [5.41, 5.74) is 0.143. The Morgan fingerprint density at radius 2 is 1.55 bits per heavy atom. The summed E-state index contributed by atoms with van der Waals surface area (Å²) < 4.78 is 33.6. The predicted octanol–water partition coefficient (Wildman–Crippen LogP) is 7.57. The SMILES string of the molecule is CCCCCCCCCCOC(=O)c1cc(F)cc2cc3cccc(F)c3cc12. The number of hydrogen-bond acceptors (Lipinski definition) is 2. The van der Waals surface area contributed by atoms with Gasteiger partial charge < -0.3 is 4.74 Å². The molecule has 0 saturated heterocycles. The van der Waals surface area contributed by atoms with E-state index >= 15 is 0 Å². The van der Waals surface area contributed by atoms with E-state index in [0.717, 1.165) is 19.3 Å². The molecule has 0 saturated carbocycles. The van der Waals surface area contributed by atoms with Crippen molar-refractivity contribution >= 4 is 27.5 Å². The number of fused-ring (bicyclic) bond motifs is 2. The molecule has 0 aliphatic heterocycles. The van der Waals surface area contributed by atoms with Gasteiger partial charge in [-0.25, -0.2) is 13.6 Å². The zero-order chi connectivity index (χ0) is 20.6. The standard InChI is InChI=1S/C25H28F2O2/c1-2-3-4-5-6-7-8-9-13-29-25(28)23-16-20(26)15-19-14-18-11-10-12-24(27)22(18)17-21(19)23/h10-12,14-17H,2-9,13H2,1H3. The molecule has 0 aliphatic rings. The lowest BCUT2D eigenvalue weighted by atomic mass is 9.99. The van der Waals surface area contributed by atoms with Crippen LogP contribution in [-0.4, -0.2) is 12.6 Å². The van der Waals surface area contributed by atoms with Crippen LogP contribution in [0.15, 0.2) is 42.5 Å². The van der Waals surface area contributed by atoms with Gasteiger partial charge in [-0.3, -0.25) is 0 Å². The van der Waals surface area contributed by atoms with Crippen LogP contribution in [0, 0.1) is 11.6 Å². The number of carbonyl (C=O) groups is 1. The average Bonchev–Trinajstić information content (AvgIpc) is 2.71. The summed E-state index contributed by atoms with van der Waals surface area (Å²) in [6.07, 6.45) is 9.23. The minimum absolute atomic E-state index is 0.143. The fourth-order valence-electron chi connectivity index (χ4n) is 3.71. The van der Waals surface area contributed by atoms with Crippen molar-refractivity contribution < 1.29 is 18.3 Å². The number of ether oxygens (including phenoxy) is 1. The van der Waals surface area contributed by atoms with E-state index in [4.69, 9.17) is 4.74 Å². The highest BCUT2D eigenvalue weighted by molar-refractivity contribution is 6.09. The molecule has 0 atom stereocenters. The van der Waals surface area contributed by atoms with Crippen LogP contribution in [0.25, 0.3) is 21.5 Å². The normalized spacial score (nSPS) is 11.3. The molecule has 0 aromatic heterocycles. The first-order chi connectivity index (χ1) is 14.1. The Kier molecular flexibility index (Phi) is 7.56. The van der Waals surface area contributed by atoms with Crippen molar-refractivity contribution in [2.24, 2.45) is 0 Å². The molecule has 154 valence electrons. The third kappa shape index (κ3) is 5.53. The maximum absolute atomic E-state index is 14.2. The van der Waals surface area contributed by atoms with Crippen molar-refractivity contribution in [2.75, 3.05) is 6.61 Å². The Bertz CT molecular complexity index is 981. The Labute approximate surface area is 170 Å². The van der Waals surface area contributed by atoms with Crippen LogP contribution in [-0.2, 0) is 4.74 Å². The molecule has 3 aromatic rings. The van der Waals surface area contributed by atoms with E-state index in [1.165, 1.54) is 50.3 Å². The van der Waals surface area contributed by atoms with Gasteiger partial charge in [0.1, 0.15) is 11.6 Å². The van der Waals surface area contributed by atoms with E-state index in [-0.39, 0.29) is 11.4 Å². The topological polar surface area (TPSA) is 26.3 Å². The van der Waals surface area contributed by atoms with Crippen molar-refractivity contribution in [1.29, 1.82) is 0 Å². The molecular formula is C25H28F2O2. The molecular weight excluding hydrogens is 370 g/mol. The fraction of sp³-hybridized carbons (Fsp3) is 0.400. The molecule has 0 unspecified atom stereocenters. The lowest BCUT2D eigenvalue weighted by Crippen LogP contribution is -2.08. The second-order valence-electron chi connectivity index (χ2n) is 7.60. The van der Waals surface area contributed by atoms with Crippen LogP contribution in [0.4, 0.5) is 8.78 Å². The Morgan fingerprint density at radius 3 is 2.31 bits per heavy atom. The highest BCUT2D eigenvalue weighted by Gasteiger charge is 2.15. The van der Waals surface area contributed by atoms with Crippen molar-refractivity contribution in [3.63, 3.8) is 0 Å². The van der Waals surface area contributed by atoms with E-state index in [1.54, 1.807) is 24.3 Å². The van der Waals surface area contributed by atoms with Gasteiger partial charge in [-0.2, -0.15) is 0 Å². The van der Waals surface area contributed by atoms with E-state index < -0.39 is 11.8 Å². The van der Waals surface area contributed by atoms with Crippen molar-refractivity contribution in [3.05, 3.63) is 59.7 Å². The maximum atomic E-state index is 14.2. The second kappa shape index (κ2) is 10.3. The largest absolute Gasteiger partial charge is 0.462 e. The highest BCUT2D eigenvalue weighted by Crippen LogP contribution is 2.28. The minimum atomic E-state index is -0.562. The van der Waals surface area contributed by atoms with E-state index in [2.05, 4.69) is 6.92 Å². The molecule has 3 rings (SSSR count). The zero-order valence-corrected chi connectivity index (χ0v) is 17.0. The van der Waals surface area contributed by atoms with Crippen molar-refractivity contribution in [3.8, 4) is 0 Å². The zero-order valence-electron chi connectivity index (χ0n) is 17.0. The number of unbranched alkanes of at least 4 members (excludes halogenated alkanes) is 7. The van der Waals surface area contributed by atoms with Crippen LogP contribution < -0.4 is 0 Å². The Hall–Kier alpha value is -2.49. The molecule has 0 N–H and O–H groups in total. The quantitative estimate of drug-likeness (QED) is 0.200.